The smallest absolute Gasteiger partial charge is 0.150 e. The fourth-order valence-corrected chi connectivity index (χ4v) is 5.12. The van der Waals surface area contributed by atoms with Gasteiger partial charge in [0.25, 0.3) is 0 Å². The number of fused-ring (bicyclic) bond motifs is 1. The molecule has 3 aromatic rings. The van der Waals surface area contributed by atoms with Crippen LogP contribution in [0.3, 0.4) is 0 Å². The molecule has 1 atom stereocenters. The molecule has 1 N–H and O–H groups in total. The second-order valence-corrected chi connectivity index (χ2v) is 9.91. The Balaban J connectivity index is 1.39. The normalized spacial score (nSPS) is 18.1. The lowest BCUT2D eigenvalue weighted by molar-refractivity contribution is 0.0668. The largest absolute Gasteiger partial charge is 0.508 e. The Morgan fingerprint density at radius 3 is 2.69 bits per heavy atom. The summed E-state index contributed by atoms with van der Waals surface area (Å²) in [5.74, 6) is 1.94. The van der Waals surface area contributed by atoms with Crippen molar-refractivity contribution >= 4 is 22.9 Å². The number of thioether (sulfide) groups is 1. The van der Waals surface area contributed by atoms with E-state index < -0.39 is 0 Å². The van der Waals surface area contributed by atoms with Crippen molar-refractivity contribution in [3.8, 4) is 17.2 Å². The maximum absolute atomic E-state index is 12.6. The number of alkyl halides is 1. The Morgan fingerprint density at radius 2 is 1.94 bits per heavy atom. The van der Waals surface area contributed by atoms with Gasteiger partial charge in [0, 0.05) is 59.5 Å². The van der Waals surface area contributed by atoms with Crippen LogP contribution in [0.15, 0.2) is 65.8 Å². The van der Waals surface area contributed by atoms with Gasteiger partial charge in [-0.05, 0) is 60.7 Å². The number of benzene rings is 2. The van der Waals surface area contributed by atoms with Crippen LogP contribution in [-0.2, 0) is 0 Å². The second-order valence-electron chi connectivity index (χ2n) is 9.03. The monoisotopic (exact) mass is 492 g/mol. The molecule has 5 rings (SSSR count). The molecule has 2 aromatic carbocycles. The number of phenolic OH excluding ortho intramolecular Hbond substituents is 1. The van der Waals surface area contributed by atoms with Crippen LogP contribution in [-0.4, -0.2) is 54.2 Å². The first-order valence-corrected chi connectivity index (χ1v) is 13.0. The Kier molecular flexibility index (Phi) is 6.97. The van der Waals surface area contributed by atoms with Crippen molar-refractivity contribution in [1.82, 2.24) is 9.88 Å². The van der Waals surface area contributed by atoms with Gasteiger partial charge in [-0.1, -0.05) is 12.1 Å². The molecular formula is C28H29FN2O3S. The number of allylic oxidation sites excluding steroid dienone is 1. The van der Waals surface area contributed by atoms with E-state index in [1.54, 1.807) is 23.9 Å². The Labute approximate surface area is 209 Å². The van der Waals surface area contributed by atoms with Gasteiger partial charge in [-0.15, -0.1) is 11.8 Å². The highest BCUT2D eigenvalue weighted by molar-refractivity contribution is 7.98. The third kappa shape index (κ3) is 5.02. The number of likely N-dealkylation sites (tertiary alicyclic amines) is 1. The first kappa shape index (κ1) is 23.7. The highest BCUT2D eigenvalue weighted by Crippen LogP contribution is 2.47. The van der Waals surface area contributed by atoms with Crippen LogP contribution in [0.1, 0.15) is 29.7 Å². The van der Waals surface area contributed by atoms with Crippen molar-refractivity contribution in [1.29, 1.82) is 0 Å². The lowest BCUT2D eigenvalue weighted by Crippen LogP contribution is -2.49. The van der Waals surface area contributed by atoms with Crippen molar-refractivity contribution in [2.75, 3.05) is 39.2 Å². The van der Waals surface area contributed by atoms with Crippen LogP contribution in [0.4, 0.5) is 4.39 Å². The van der Waals surface area contributed by atoms with Crippen molar-refractivity contribution in [2.45, 2.75) is 17.9 Å². The highest BCUT2D eigenvalue weighted by Gasteiger charge is 2.30. The molecule has 2 aliphatic heterocycles. The first-order chi connectivity index (χ1) is 17.1. The molecule has 0 aliphatic carbocycles. The standard InChI is InChI=1S/C28H29FN2O3S/c1-18-25-12-22(32)5-8-26(25)34-28(27(18)21-11-24(35-2)15-30-14-21)20-3-6-23(7-4-20)33-10-9-31-16-19(13-29)17-31/h3-8,11-12,14-15,19,28,32H,9-10,13,16-17H2,1-2H3. The van der Waals surface area contributed by atoms with E-state index in [-0.39, 0.29) is 24.4 Å². The zero-order valence-electron chi connectivity index (χ0n) is 19.9. The van der Waals surface area contributed by atoms with Crippen molar-refractivity contribution in [3.05, 3.63) is 77.6 Å². The van der Waals surface area contributed by atoms with Gasteiger partial charge in [0.15, 0.2) is 0 Å². The summed E-state index contributed by atoms with van der Waals surface area (Å²) in [5.41, 5.74) is 4.96. The Hall–Kier alpha value is -3.03. The van der Waals surface area contributed by atoms with E-state index >= 15 is 0 Å². The average molecular weight is 493 g/mol. The molecular weight excluding hydrogens is 463 g/mol. The van der Waals surface area contributed by atoms with Crippen molar-refractivity contribution in [3.63, 3.8) is 0 Å². The molecule has 3 heterocycles. The van der Waals surface area contributed by atoms with E-state index in [2.05, 4.69) is 22.9 Å². The molecule has 0 spiro atoms. The fourth-order valence-electron chi connectivity index (χ4n) is 4.71. The van der Waals surface area contributed by atoms with Crippen LogP contribution in [0, 0.1) is 5.92 Å². The number of halogens is 1. The fraction of sp³-hybridized carbons (Fsp3) is 0.321. The van der Waals surface area contributed by atoms with Gasteiger partial charge in [0.05, 0.1) is 6.67 Å². The Bertz CT molecular complexity index is 1230. The van der Waals surface area contributed by atoms with Gasteiger partial charge in [0.2, 0.25) is 0 Å². The Morgan fingerprint density at radius 1 is 1.14 bits per heavy atom. The third-order valence-electron chi connectivity index (χ3n) is 6.65. The molecule has 1 unspecified atom stereocenters. The van der Waals surface area contributed by atoms with Gasteiger partial charge in [0.1, 0.15) is 30.0 Å². The molecule has 0 bridgehead atoms. The molecule has 35 heavy (non-hydrogen) atoms. The third-order valence-corrected chi connectivity index (χ3v) is 7.34. The quantitative estimate of drug-likeness (QED) is 0.398. The summed E-state index contributed by atoms with van der Waals surface area (Å²) in [4.78, 5) is 7.73. The summed E-state index contributed by atoms with van der Waals surface area (Å²) < 4.78 is 25.0. The molecule has 1 saturated heterocycles. The second kappa shape index (κ2) is 10.3. The number of hydrogen-bond donors (Lipinski definition) is 1. The minimum Gasteiger partial charge on any atom is -0.508 e. The zero-order chi connectivity index (χ0) is 24.4. The lowest BCUT2D eigenvalue weighted by Gasteiger charge is -2.37. The van der Waals surface area contributed by atoms with Gasteiger partial charge in [-0.3, -0.25) is 14.3 Å². The van der Waals surface area contributed by atoms with E-state index in [1.807, 2.05) is 49.0 Å². The predicted molar refractivity (Wildman–Crippen MR) is 138 cm³/mol. The van der Waals surface area contributed by atoms with Gasteiger partial charge in [-0.25, -0.2) is 0 Å². The number of aromatic nitrogens is 1. The number of nitrogens with zero attached hydrogens (tertiary/aromatic N) is 2. The van der Waals surface area contributed by atoms with Crippen LogP contribution in [0.5, 0.6) is 17.2 Å². The molecule has 0 saturated carbocycles. The van der Waals surface area contributed by atoms with E-state index in [0.717, 1.165) is 63.9 Å². The molecule has 2 aliphatic rings. The summed E-state index contributed by atoms with van der Waals surface area (Å²) >= 11 is 1.65. The van der Waals surface area contributed by atoms with Gasteiger partial charge < -0.3 is 14.6 Å². The molecule has 7 heteroatoms. The first-order valence-electron chi connectivity index (χ1n) is 11.8. The molecule has 0 radical (unpaired) electrons. The number of pyridine rings is 1. The molecule has 1 aromatic heterocycles. The molecule has 182 valence electrons. The SMILES string of the molecule is CSc1cncc(C2=C(C)c3cc(O)ccc3OC2c2ccc(OCCN3CC(CF)C3)cc2)c1. The average Bonchev–Trinajstić information content (AvgIpc) is 2.86. The maximum atomic E-state index is 12.6. The van der Waals surface area contributed by atoms with Crippen molar-refractivity contribution < 1.29 is 19.0 Å². The van der Waals surface area contributed by atoms with Crippen LogP contribution >= 0.6 is 11.8 Å². The predicted octanol–water partition coefficient (Wildman–Crippen LogP) is 5.85. The summed E-state index contributed by atoms with van der Waals surface area (Å²) in [6, 6.07) is 15.3. The van der Waals surface area contributed by atoms with Gasteiger partial charge in [-0.2, -0.15) is 0 Å². The minimum absolute atomic E-state index is 0.191. The van der Waals surface area contributed by atoms with E-state index in [0.29, 0.717) is 6.61 Å². The molecule has 1 fully saturated rings. The summed E-state index contributed by atoms with van der Waals surface area (Å²) in [5, 5.41) is 10.1. The van der Waals surface area contributed by atoms with Crippen molar-refractivity contribution in [2.24, 2.45) is 5.92 Å². The summed E-state index contributed by atoms with van der Waals surface area (Å²) in [6.07, 6.45) is 5.43. The van der Waals surface area contributed by atoms with E-state index in [1.165, 1.54) is 0 Å². The minimum atomic E-state index is -0.321. The van der Waals surface area contributed by atoms with Crippen LogP contribution < -0.4 is 9.47 Å². The number of ether oxygens (including phenoxy) is 2. The van der Waals surface area contributed by atoms with Gasteiger partial charge >= 0.3 is 0 Å². The van der Waals surface area contributed by atoms with E-state index in [9.17, 15) is 9.50 Å². The number of rotatable bonds is 8. The lowest BCUT2D eigenvalue weighted by atomic mass is 9.86. The van der Waals surface area contributed by atoms with E-state index in [4.69, 9.17) is 9.47 Å². The molecule has 0 amide bonds. The summed E-state index contributed by atoms with van der Waals surface area (Å²) in [7, 11) is 0. The summed E-state index contributed by atoms with van der Waals surface area (Å²) in [6.45, 7) is 4.85. The number of aromatic hydroxyl groups is 1. The number of phenols is 1. The highest BCUT2D eigenvalue weighted by atomic mass is 32.2. The maximum Gasteiger partial charge on any atom is 0.150 e. The topological polar surface area (TPSA) is 54.8 Å². The zero-order valence-corrected chi connectivity index (χ0v) is 20.7. The number of hydrogen-bond acceptors (Lipinski definition) is 6. The van der Waals surface area contributed by atoms with Crippen LogP contribution in [0.25, 0.3) is 11.1 Å². The van der Waals surface area contributed by atoms with Crippen LogP contribution in [0.2, 0.25) is 0 Å². The molecule has 5 nitrogen and oxygen atoms in total.